The molecule has 0 saturated carbocycles. The van der Waals surface area contributed by atoms with E-state index in [1.807, 2.05) is 6.07 Å². The van der Waals surface area contributed by atoms with Gasteiger partial charge in [0.1, 0.15) is 6.04 Å². The van der Waals surface area contributed by atoms with Crippen molar-refractivity contribution in [1.82, 2.24) is 14.9 Å². The minimum absolute atomic E-state index is 0. The lowest BCUT2D eigenvalue weighted by Gasteiger charge is -2.35. The maximum Gasteiger partial charge on any atom is 0.405 e. The first kappa shape index (κ1) is 22.2. The topological polar surface area (TPSA) is 61.4 Å². The third kappa shape index (κ3) is 7.49. The van der Waals surface area contributed by atoms with Gasteiger partial charge in [-0.3, -0.25) is 4.90 Å². The highest BCUT2D eigenvalue weighted by Crippen LogP contribution is 2.25. The van der Waals surface area contributed by atoms with Crippen LogP contribution in [0.5, 0.6) is 0 Å². The second-order valence-corrected chi connectivity index (χ2v) is 7.67. The summed E-state index contributed by atoms with van der Waals surface area (Å²) in [6, 6.07) is 7.17. The summed E-state index contributed by atoms with van der Waals surface area (Å²) in [6.45, 7) is 0.771. The highest BCUT2D eigenvalue weighted by atomic mass is 35.5. The number of rotatable bonds is 7. The van der Waals surface area contributed by atoms with E-state index in [1.165, 1.54) is 4.90 Å². The second-order valence-electron chi connectivity index (χ2n) is 5.75. The molecule has 2 rings (SSSR count). The Labute approximate surface area is 152 Å². The molecular formula is C15H23ClF3N3O2S. The quantitative estimate of drug-likeness (QED) is 0.725. The molecule has 0 aliphatic carbocycles. The summed E-state index contributed by atoms with van der Waals surface area (Å²) in [5, 5.41) is 2.98. The molecule has 1 atom stereocenters. The summed E-state index contributed by atoms with van der Waals surface area (Å²) in [7, 11) is -3.77. The van der Waals surface area contributed by atoms with Crippen LogP contribution in [-0.4, -0.2) is 64.0 Å². The number of halogens is 4. The third-order valence-corrected chi connectivity index (χ3v) is 5.32. The molecule has 5 nitrogen and oxygen atoms in total. The van der Waals surface area contributed by atoms with E-state index in [4.69, 9.17) is 0 Å². The average molecular weight is 402 g/mol. The van der Waals surface area contributed by atoms with Crippen LogP contribution >= 0.6 is 12.4 Å². The number of nitrogens with one attached hydrogen (secondary N) is 2. The molecule has 0 radical (unpaired) electrons. The van der Waals surface area contributed by atoms with Crippen LogP contribution in [0.1, 0.15) is 5.56 Å². The van der Waals surface area contributed by atoms with Gasteiger partial charge in [-0.15, -0.1) is 12.4 Å². The van der Waals surface area contributed by atoms with E-state index >= 15 is 0 Å². The van der Waals surface area contributed by atoms with Crippen LogP contribution in [0.2, 0.25) is 0 Å². The Morgan fingerprint density at radius 3 is 2.32 bits per heavy atom. The van der Waals surface area contributed by atoms with E-state index in [1.54, 1.807) is 24.3 Å². The normalized spacial score (nSPS) is 17.7. The van der Waals surface area contributed by atoms with E-state index in [0.717, 1.165) is 5.56 Å². The fourth-order valence-electron chi connectivity index (χ4n) is 2.62. The first-order chi connectivity index (χ1) is 11.3. The molecule has 1 fully saturated rings. The molecule has 1 heterocycles. The summed E-state index contributed by atoms with van der Waals surface area (Å²) in [4.78, 5) is 1.27. The van der Waals surface area contributed by atoms with Crippen LogP contribution in [-0.2, 0) is 16.4 Å². The molecule has 0 bridgehead atoms. The van der Waals surface area contributed by atoms with Gasteiger partial charge in [0, 0.05) is 32.7 Å². The predicted molar refractivity (Wildman–Crippen MR) is 93.5 cm³/mol. The average Bonchev–Trinajstić information content (AvgIpc) is 2.54. The van der Waals surface area contributed by atoms with Crippen molar-refractivity contribution in [2.75, 3.05) is 38.5 Å². The Hall–Kier alpha value is -0.870. The monoisotopic (exact) mass is 401 g/mol. The van der Waals surface area contributed by atoms with Gasteiger partial charge in [-0.05, 0) is 12.0 Å². The number of piperazine rings is 1. The Morgan fingerprint density at radius 1 is 1.16 bits per heavy atom. The summed E-state index contributed by atoms with van der Waals surface area (Å²) in [5.41, 5.74) is 0.831. The molecule has 1 aliphatic heterocycles. The van der Waals surface area contributed by atoms with Crippen LogP contribution in [0.25, 0.3) is 0 Å². The molecule has 1 saturated heterocycles. The van der Waals surface area contributed by atoms with Gasteiger partial charge in [-0.1, -0.05) is 30.3 Å². The zero-order chi connectivity index (χ0) is 17.6. The van der Waals surface area contributed by atoms with Gasteiger partial charge in [0.2, 0.25) is 10.0 Å². The van der Waals surface area contributed by atoms with Crippen molar-refractivity contribution in [3.05, 3.63) is 35.9 Å². The number of benzene rings is 1. The van der Waals surface area contributed by atoms with Gasteiger partial charge in [0.25, 0.3) is 0 Å². The number of hydrogen-bond acceptors (Lipinski definition) is 4. The van der Waals surface area contributed by atoms with E-state index in [-0.39, 0.29) is 37.7 Å². The van der Waals surface area contributed by atoms with Crippen LogP contribution in [0, 0.1) is 0 Å². The minimum Gasteiger partial charge on any atom is -0.314 e. The molecule has 1 aliphatic rings. The molecule has 0 spiro atoms. The molecule has 1 aromatic carbocycles. The summed E-state index contributed by atoms with van der Waals surface area (Å²) >= 11 is 0. The van der Waals surface area contributed by atoms with Crippen molar-refractivity contribution in [3.63, 3.8) is 0 Å². The van der Waals surface area contributed by atoms with Crippen LogP contribution in [0.4, 0.5) is 13.2 Å². The molecule has 0 amide bonds. The van der Waals surface area contributed by atoms with Crippen molar-refractivity contribution < 1.29 is 21.6 Å². The SMILES string of the molecule is Cl.O=S(=O)(CCc1ccccc1)NCC(N1CCNCC1)C(F)(F)F. The fourth-order valence-corrected chi connectivity index (χ4v) is 3.68. The van der Waals surface area contributed by atoms with Gasteiger partial charge in [0.05, 0.1) is 5.75 Å². The summed E-state index contributed by atoms with van der Waals surface area (Å²) in [6.07, 6.45) is -4.21. The van der Waals surface area contributed by atoms with Gasteiger partial charge < -0.3 is 5.32 Å². The molecule has 2 N–H and O–H groups in total. The Balaban J connectivity index is 0.00000312. The Kier molecular flexibility index (Phi) is 8.62. The van der Waals surface area contributed by atoms with Crippen LogP contribution < -0.4 is 10.0 Å². The van der Waals surface area contributed by atoms with Gasteiger partial charge >= 0.3 is 6.18 Å². The molecule has 1 aromatic rings. The zero-order valence-electron chi connectivity index (χ0n) is 13.6. The van der Waals surface area contributed by atoms with Crippen LogP contribution in [0.15, 0.2) is 30.3 Å². The maximum atomic E-state index is 13.2. The van der Waals surface area contributed by atoms with Crippen LogP contribution in [0.3, 0.4) is 0 Å². The second kappa shape index (κ2) is 9.72. The van der Waals surface area contributed by atoms with Crippen molar-refractivity contribution in [2.45, 2.75) is 18.6 Å². The third-order valence-electron chi connectivity index (χ3n) is 3.97. The van der Waals surface area contributed by atoms with E-state index in [9.17, 15) is 21.6 Å². The number of nitrogens with zero attached hydrogens (tertiary/aromatic N) is 1. The fraction of sp³-hybridized carbons (Fsp3) is 0.600. The number of alkyl halides is 3. The smallest absolute Gasteiger partial charge is 0.314 e. The minimum atomic E-state index is -4.47. The summed E-state index contributed by atoms with van der Waals surface area (Å²) in [5.74, 6) is -0.233. The molecule has 10 heteroatoms. The largest absolute Gasteiger partial charge is 0.405 e. The first-order valence-electron chi connectivity index (χ1n) is 7.81. The lowest BCUT2D eigenvalue weighted by atomic mass is 10.2. The summed E-state index contributed by atoms with van der Waals surface area (Å²) < 4.78 is 65.8. The van der Waals surface area contributed by atoms with Crippen molar-refractivity contribution in [1.29, 1.82) is 0 Å². The Morgan fingerprint density at radius 2 is 1.76 bits per heavy atom. The standard InChI is InChI=1S/C15H22F3N3O2S.ClH/c16-15(17,18)14(21-9-7-19-8-10-21)12-20-24(22,23)11-6-13-4-2-1-3-5-13;/h1-5,14,19-20H,6-12H2;1H. The van der Waals surface area contributed by atoms with E-state index in [0.29, 0.717) is 13.1 Å². The van der Waals surface area contributed by atoms with Crippen molar-refractivity contribution in [3.8, 4) is 0 Å². The van der Waals surface area contributed by atoms with Gasteiger partial charge in [-0.25, -0.2) is 13.1 Å². The number of aryl methyl sites for hydroxylation is 1. The van der Waals surface area contributed by atoms with Crippen molar-refractivity contribution in [2.24, 2.45) is 0 Å². The lowest BCUT2D eigenvalue weighted by molar-refractivity contribution is -0.182. The highest BCUT2D eigenvalue weighted by Gasteiger charge is 2.44. The van der Waals surface area contributed by atoms with Gasteiger partial charge in [-0.2, -0.15) is 13.2 Å². The zero-order valence-corrected chi connectivity index (χ0v) is 15.3. The number of hydrogen-bond donors (Lipinski definition) is 2. The molecule has 25 heavy (non-hydrogen) atoms. The first-order valence-corrected chi connectivity index (χ1v) is 9.46. The highest BCUT2D eigenvalue weighted by molar-refractivity contribution is 7.89. The maximum absolute atomic E-state index is 13.2. The molecule has 0 aromatic heterocycles. The van der Waals surface area contributed by atoms with E-state index in [2.05, 4.69) is 10.0 Å². The van der Waals surface area contributed by atoms with Gasteiger partial charge in [0.15, 0.2) is 0 Å². The Bertz CT molecular complexity index is 608. The van der Waals surface area contributed by atoms with Crippen molar-refractivity contribution >= 4 is 22.4 Å². The predicted octanol–water partition coefficient (Wildman–Crippen LogP) is 1.41. The molecular weight excluding hydrogens is 379 g/mol. The number of sulfonamides is 1. The van der Waals surface area contributed by atoms with E-state index < -0.39 is 28.8 Å². The molecule has 1 unspecified atom stereocenters. The molecule has 144 valence electrons. The lowest BCUT2D eigenvalue weighted by Crippen LogP contribution is -2.57.